The second-order valence-corrected chi connectivity index (χ2v) is 9.59. The number of carbonyl (C=O) groups is 2. The summed E-state index contributed by atoms with van der Waals surface area (Å²) >= 11 is 0. The van der Waals surface area contributed by atoms with Gasteiger partial charge in [0.2, 0.25) is 0 Å². The lowest BCUT2D eigenvalue weighted by Gasteiger charge is -2.43. The Morgan fingerprint density at radius 1 is 0.972 bits per heavy atom. The number of para-hydroxylation sites is 1. The van der Waals surface area contributed by atoms with Crippen molar-refractivity contribution in [3.05, 3.63) is 59.7 Å². The lowest BCUT2D eigenvalue weighted by atomic mass is 9.75. The molecule has 0 bridgehead atoms. The molecule has 1 N–H and O–H groups in total. The molecular formula is C27H31F3N2O4. The van der Waals surface area contributed by atoms with E-state index in [1.54, 1.807) is 17.0 Å². The van der Waals surface area contributed by atoms with Crippen molar-refractivity contribution in [1.29, 1.82) is 0 Å². The van der Waals surface area contributed by atoms with Gasteiger partial charge in [-0.05, 0) is 62.1 Å². The fraction of sp³-hybridized carbons (Fsp3) is 0.481. The van der Waals surface area contributed by atoms with Crippen molar-refractivity contribution in [2.45, 2.75) is 51.3 Å². The van der Waals surface area contributed by atoms with Gasteiger partial charge in [-0.3, -0.25) is 9.59 Å². The Morgan fingerprint density at radius 3 is 2.47 bits per heavy atom. The number of amides is 2. The van der Waals surface area contributed by atoms with Crippen LogP contribution in [0.4, 0.5) is 13.2 Å². The average molecular weight is 505 g/mol. The molecule has 1 unspecified atom stereocenters. The minimum Gasteiger partial charge on any atom is -0.493 e. The van der Waals surface area contributed by atoms with Crippen molar-refractivity contribution in [3.63, 3.8) is 0 Å². The van der Waals surface area contributed by atoms with Gasteiger partial charge in [0.25, 0.3) is 11.8 Å². The van der Waals surface area contributed by atoms with Crippen molar-refractivity contribution < 1.29 is 32.2 Å². The highest BCUT2D eigenvalue weighted by molar-refractivity contribution is 5.97. The molecule has 1 atom stereocenters. The number of carbonyl (C=O) groups excluding carboxylic acids is 2. The molecule has 1 saturated heterocycles. The van der Waals surface area contributed by atoms with Crippen LogP contribution >= 0.6 is 0 Å². The molecule has 1 fully saturated rings. The van der Waals surface area contributed by atoms with Crippen molar-refractivity contribution in [2.75, 3.05) is 26.2 Å². The van der Waals surface area contributed by atoms with Crippen LogP contribution in [0, 0.1) is 5.41 Å². The molecule has 2 aromatic carbocycles. The molecule has 0 aliphatic carbocycles. The fourth-order valence-electron chi connectivity index (χ4n) is 5.08. The Hall–Kier alpha value is -3.23. The highest BCUT2D eigenvalue weighted by atomic mass is 19.4. The first kappa shape index (κ1) is 25.9. The standard InChI is InChI=1S/C27H31F3N2O4/c28-27(29,30)36-21-12-10-20(11-13-21)25(34)32-16-7-15-26(19-32)14-5-1-2-6-17-35-23-9-4-3-8-22(23)24(33)31-18-26/h3-4,8-13H,1-2,5-7,14-19H2,(H,31,33). The maximum atomic E-state index is 13.2. The third kappa shape index (κ3) is 6.71. The molecule has 194 valence electrons. The molecule has 0 aromatic heterocycles. The highest BCUT2D eigenvalue weighted by Gasteiger charge is 2.38. The van der Waals surface area contributed by atoms with Crippen LogP contribution in [0.5, 0.6) is 11.5 Å². The van der Waals surface area contributed by atoms with Crippen molar-refractivity contribution in [2.24, 2.45) is 5.41 Å². The summed E-state index contributed by atoms with van der Waals surface area (Å²) in [5.41, 5.74) is 0.533. The van der Waals surface area contributed by atoms with Gasteiger partial charge in [0.05, 0.1) is 12.2 Å². The van der Waals surface area contributed by atoms with E-state index in [0.717, 1.165) is 57.1 Å². The van der Waals surface area contributed by atoms with E-state index >= 15 is 0 Å². The molecule has 2 aliphatic heterocycles. The number of hydrogen-bond acceptors (Lipinski definition) is 4. The molecule has 6 nitrogen and oxygen atoms in total. The van der Waals surface area contributed by atoms with Crippen molar-refractivity contribution in [3.8, 4) is 11.5 Å². The van der Waals surface area contributed by atoms with Gasteiger partial charge >= 0.3 is 6.36 Å². The number of alkyl halides is 3. The maximum absolute atomic E-state index is 13.2. The Labute approximate surface area is 208 Å². The zero-order valence-electron chi connectivity index (χ0n) is 20.1. The first-order valence-corrected chi connectivity index (χ1v) is 12.4. The van der Waals surface area contributed by atoms with Crippen LogP contribution in [-0.2, 0) is 0 Å². The summed E-state index contributed by atoms with van der Waals surface area (Å²) in [6.45, 7) is 2.03. The second-order valence-electron chi connectivity index (χ2n) is 9.59. The SMILES string of the molecule is O=C1NCC2(CCCCCCOc3ccccc31)CCCN(C(=O)c1ccc(OC(F)(F)F)cc1)C2. The number of nitrogens with zero attached hydrogens (tertiary/aromatic N) is 1. The normalized spacial score (nSPS) is 21.8. The third-order valence-electron chi connectivity index (χ3n) is 6.90. The quantitative estimate of drug-likeness (QED) is 0.580. The number of fused-ring (bicyclic) bond motifs is 1. The molecule has 4 rings (SSSR count). The predicted molar refractivity (Wildman–Crippen MR) is 128 cm³/mol. The van der Waals surface area contributed by atoms with Crippen LogP contribution in [0.25, 0.3) is 0 Å². The number of piperidine rings is 1. The molecule has 0 radical (unpaired) electrons. The molecule has 2 aromatic rings. The number of hydrogen-bond donors (Lipinski definition) is 1. The highest BCUT2D eigenvalue weighted by Crippen LogP contribution is 2.36. The predicted octanol–water partition coefficient (Wildman–Crippen LogP) is 5.58. The van der Waals surface area contributed by atoms with Crippen LogP contribution in [0.1, 0.15) is 65.7 Å². The molecule has 9 heteroatoms. The Kier molecular flexibility index (Phi) is 8.06. The van der Waals surface area contributed by atoms with E-state index in [4.69, 9.17) is 4.74 Å². The van der Waals surface area contributed by atoms with Gasteiger partial charge in [0, 0.05) is 30.6 Å². The van der Waals surface area contributed by atoms with Gasteiger partial charge < -0.3 is 19.7 Å². The van der Waals surface area contributed by atoms with Gasteiger partial charge in [-0.15, -0.1) is 13.2 Å². The van der Waals surface area contributed by atoms with Gasteiger partial charge in [-0.2, -0.15) is 0 Å². The molecular weight excluding hydrogens is 473 g/mol. The lowest BCUT2D eigenvalue weighted by molar-refractivity contribution is -0.274. The van der Waals surface area contributed by atoms with Gasteiger partial charge in [-0.1, -0.05) is 31.4 Å². The maximum Gasteiger partial charge on any atom is 0.573 e. The number of halogens is 3. The van der Waals surface area contributed by atoms with E-state index in [9.17, 15) is 22.8 Å². The number of likely N-dealkylation sites (tertiary alicyclic amines) is 1. The molecule has 2 aliphatic rings. The molecule has 1 spiro atoms. The summed E-state index contributed by atoms with van der Waals surface area (Å²) in [7, 11) is 0. The lowest BCUT2D eigenvalue weighted by Crippen LogP contribution is -2.51. The average Bonchev–Trinajstić information content (AvgIpc) is 2.87. The Balaban J connectivity index is 1.48. The number of nitrogens with one attached hydrogen (secondary N) is 1. The summed E-state index contributed by atoms with van der Waals surface area (Å²) in [4.78, 5) is 28.0. The third-order valence-corrected chi connectivity index (χ3v) is 6.90. The summed E-state index contributed by atoms with van der Waals surface area (Å²) in [6, 6.07) is 12.2. The minimum absolute atomic E-state index is 0.201. The summed E-state index contributed by atoms with van der Waals surface area (Å²) in [5.74, 6) is -0.230. The second kappa shape index (κ2) is 11.2. The molecule has 0 saturated carbocycles. The largest absolute Gasteiger partial charge is 0.573 e. The Bertz CT molecular complexity index is 1060. The zero-order chi connectivity index (χ0) is 25.6. The smallest absolute Gasteiger partial charge is 0.493 e. The van der Waals surface area contributed by atoms with E-state index in [0.29, 0.717) is 43.1 Å². The van der Waals surface area contributed by atoms with Crippen LogP contribution in [0.15, 0.2) is 48.5 Å². The number of ether oxygens (including phenoxy) is 2. The fourth-order valence-corrected chi connectivity index (χ4v) is 5.08. The summed E-state index contributed by atoms with van der Waals surface area (Å²) in [5, 5.41) is 3.09. The number of benzene rings is 2. The first-order valence-electron chi connectivity index (χ1n) is 12.4. The summed E-state index contributed by atoms with van der Waals surface area (Å²) < 4.78 is 47.1. The van der Waals surface area contributed by atoms with E-state index in [1.165, 1.54) is 12.1 Å². The van der Waals surface area contributed by atoms with E-state index in [-0.39, 0.29) is 23.0 Å². The van der Waals surface area contributed by atoms with Crippen LogP contribution < -0.4 is 14.8 Å². The Morgan fingerprint density at radius 2 is 1.69 bits per heavy atom. The molecule has 36 heavy (non-hydrogen) atoms. The van der Waals surface area contributed by atoms with E-state index in [2.05, 4.69) is 10.1 Å². The molecule has 2 heterocycles. The van der Waals surface area contributed by atoms with E-state index < -0.39 is 6.36 Å². The summed E-state index contributed by atoms with van der Waals surface area (Å²) in [6.07, 6.45) is 1.70. The van der Waals surface area contributed by atoms with Crippen LogP contribution in [0.2, 0.25) is 0 Å². The monoisotopic (exact) mass is 504 g/mol. The topological polar surface area (TPSA) is 67.9 Å². The minimum atomic E-state index is -4.78. The van der Waals surface area contributed by atoms with Crippen LogP contribution in [-0.4, -0.2) is 49.3 Å². The van der Waals surface area contributed by atoms with Crippen LogP contribution in [0.3, 0.4) is 0 Å². The van der Waals surface area contributed by atoms with Crippen molar-refractivity contribution in [1.82, 2.24) is 10.2 Å². The van der Waals surface area contributed by atoms with Gasteiger partial charge in [0.15, 0.2) is 0 Å². The van der Waals surface area contributed by atoms with Gasteiger partial charge in [-0.25, -0.2) is 0 Å². The first-order chi connectivity index (χ1) is 17.2. The zero-order valence-corrected chi connectivity index (χ0v) is 20.1. The molecule has 2 amide bonds. The van der Waals surface area contributed by atoms with Gasteiger partial charge in [0.1, 0.15) is 11.5 Å². The number of rotatable bonds is 2. The van der Waals surface area contributed by atoms with Crippen molar-refractivity contribution >= 4 is 11.8 Å². The van der Waals surface area contributed by atoms with E-state index in [1.807, 2.05) is 12.1 Å².